The number of imidazole rings is 1. The monoisotopic (exact) mass is 450 g/mol. The summed E-state index contributed by atoms with van der Waals surface area (Å²) in [6.45, 7) is 2.15. The number of amides is 2. The lowest BCUT2D eigenvalue weighted by Gasteiger charge is -2.16. The van der Waals surface area contributed by atoms with Crippen LogP contribution < -0.4 is 20.1 Å². The van der Waals surface area contributed by atoms with Gasteiger partial charge in [-0.05, 0) is 48.9 Å². The first-order chi connectivity index (χ1) is 15.5. The van der Waals surface area contributed by atoms with E-state index in [1.54, 1.807) is 31.4 Å². The lowest BCUT2D eigenvalue weighted by atomic mass is 10.1. The molecule has 7 nitrogen and oxygen atoms in total. The fraction of sp³-hybridized carbons (Fsp3) is 0.167. The van der Waals surface area contributed by atoms with Gasteiger partial charge in [0.05, 0.1) is 18.8 Å². The van der Waals surface area contributed by atoms with Gasteiger partial charge in [-0.1, -0.05) is 29.8 Å². The summed E-state index contributed by atoms with van der Waals surface area (Å²) in [5.74, 6) is 1.07. The molecule has 0 bridgehead atoms. The Morgan fingerprint density at radius 2 is 2.00 bits per heavy atom. The van der Waals surface area contributed by atoms with Crippen molar-refractivity contribution in [3.05, 3.63) is 89.3 Å². The third-order valence-corrected chi connectivity index (χ3v) is 5.14. The Bertz CT molecular complexity index is 1210. The largest absolute Gasteiger partial charge is 0.493 e. The number of benzene rings is 2. The Hall–Kier alpha value is -3.71. The summed E-state index contributed by atoms with van der Waals surface area (Å²) in [5, 5.41) is 6.35. The molecule has 1 unspecified atom stereocenters. The van der Waals surface area contributed by atoms with E-state index in [9.17, 15) is 4.79 Å². The molecule has 0 saturated carbocycles. The first-order valence-corrected chi connectivity index (χ1v) is 10.5. The average molecular weight is 451 g/mol. The Balaban J connectivity index is 1.42. The molecule has 2 heterocycles. The van der Waals surface area contributed by atoms with Gasteiger partial charge in [0.1, 0.15) is 12.3 Å². The lowest BCUT2D eigenvalue weighted by Crippen LogP contribution is -2.31. The van der Waals surface area contributed by atoms with Crippen molar-refractivity contribution in [2.24, 2.45) is 0 Å². The van der Waals surface area contributed by atoms with Crippen LogP contribution in [0.2, 0.25) is 5.02 Å². The van der Waals surface area contributed by atoms with Crippen LogP contribution in [0.5, 0.6) is 11.5 Å². The van der Waals surface area contributed by atoms with Crippen LogP contribution >= 0.6 is 11.6 Å². The van der Waals surface area contributed by atoms with E-state index < -0.39 is 0 Å². The van der Waals surface area contributed by atoms with Gasteiger partial charge < -0.3 is 24.5 Å². The minimum atomic E-state index is -0.339. The van der Waals surface area contributed by atoms with Crippen LogP contribution in [0.15, 0.2) is 73.1 Å². The SMILES string of the molecule is COc1ccc(NC(=O)NC(C)c2cccc(Cl)c2)cc1OCc1cn2ccccc2n1. The molecule has 0 saturated heterocycles. The lowest BCUT2D eigenvalue weighted by molar-refractivity contribution is 0.249. The molecule has 2 amide bonds. The third-order valence-electron chi connectivity index (χ3n) is 4.91. The minimum absolute atomic E-state index is 0.210. The smallest absolute Gasteiger partial charge is 0.319 e. The molecule has 0 spiro atoms. The van der Waals surface area contributed by atoms with Gasteiger partial charge in [0.25, 0.3) is 0 Å². The number of hydrogen-bond acceptors (Lipinski definition) is 4. The molecule has 4 rings (SSSR count). The molecule has 0 aliphatic heterocycles. The van der Waals surface area contributed by atoms with Gasteiger partial charge in [0.15, 0.2) is 11.5 Å². The first-order valence-electron chi connectivity index (χ1n) is 10.1. The van der Waals surface area contributed by atoms with Gasteiger partial charge >= 0.3 is 6.03 Å². The molecule has 0 aliphatic rings. The number of nitrogens with one attached hydrogen (secondary N) is 2. The second kappa shape index (κ2) is 9.62. The zero-order valence-electron chi connectivity index (χ0n) is 17.7. The van der Waals surface area contributed by atoms with Gasteiger partial charge in [0.2, 0.25) is 0 Å². The summed E-state index contributed by atoms with van der Waals surface area (Å²) in [5.41, 5.74) is 3.12. The predicted octanol–water partition coefficient (Wildman–Crippen LogP) is 5.46. The van der Waals surface area contributed by atoms with E-state index in [1.807, 2.05) is 60.1 Å². The molecule has 0 fully saturated rings. The van der Waals surface area contributed by atoms with Crippen LogP contribution in [0.4, 0.5) is 10.5 Å². The number of methoxy groups -OCH3 is 1. The number of carbonyl (C=O) groups excluding carboxylic acids is 1. The highest BCUT2D eigenvalue weighted by molar-refractivity contribution is 6.30. The van der Waals surface area contributed by atoms with Crippen LogP contribution in [-0.4, -0.2) is 22.5 Å². The number of hydrogen-bond donors (Lipinski definition) is 2. The van der Waals surface area contributed by atoms with Gasteiger partial charge in [0, 0.05) is 29.2 Å². The molecule has 2 aromatic heterocycles. The Morgan fingerprint density at radius 3 is 2.78 bits per heavy atom. The molecule has 32 heavy (non-hydrogen) atoms. The van der Waals surface area contributed by atoms with Crippen LogP contribution in [0.25, 0.3) is 5.65 Å². The molecule has 0 aliphatic carbocycles. The van der Waals surface area contributed by atoms with Crippen molar-refractivity contribution < 1.29 is 14.3 Å². The highest BCUT2D eigenvalue weighted by atomic mass is 35.5. The number of fused-ring (bicyclic) bond motifs is 1. The van der Waals surface area contributed by atoms with E-state index >= 15 is 0 Å². The summed E-state index contributed by atoms with van der Waals surface area (Å²) in [6, 6.07) is 17.9. The third kappa shape index (κ3) is 5.12. The Morgan fingerprint density at radius 1 is 1.12 bits per heavy atom. The van der Waals surface area contributed by atoms with Gasteiger partial charge in [-0.25, -0.2) is 9.78 Å². The van der Waals surface area contributed by atoms with E-state index in [0.717, 1.165) is 16.9 Å². The number of ether oxygens (including phenoxy) is 2. The van der Waals surface area contributed by atoms with Crippen LogP contribution in [0, 0.1) is 0 Å². The molecular formula is C24H23ClN4O3. The maximum absolute atomic E-state index is 12.5. The highest BCUT2D eigenvalue weighted by Crippen LogP contribution is 2.31. The van der Waals surface area contributed by atoms with Gasteiger partial charge in [-0.3, -0.25) is 0 Å². The van der Waals surface area contributed by atoms with Crippen LogP contribution in [0.1, 0.15) is 24.2 Å². The zero-order chi connectivity index (χ0) is 22.5. The number of nitrogens with zero attached hydrogens (tertiary/aromatic N) is 2. The van der Waals surface area contributed by atoms with Crippen molar-refractivity contribution in [1.29, 1.82) is 0 Å². The zero-order valence-corrected chi connectivity index (χ0v) is 18.5. The molecule has 2 N–H and O–H groups in total. The summed E-state index contributed by atoms with van der Waals surface area (Å²) in [6.07, 6.45) is 3.84. The van der Waals surface area contributed by atoms with Gasteiger partial charge in [-0.2, -0.15) is 0 Å². The first kappa shape index (κ1) is 21.5. The van der Waals surface area contributed by atoms with Crippen molar-refractivity contribution in [3.8, 4) is 11.5 Å². The van der Waals surface area contributed by atoms with Crippen molar-refractivity contribution >= 4 is 29.0 Å². The predicted molar refractivity (Wildman–Crippen MR) is 125 cm³/mol. The van der Waals surface area contributed by atoms with E-state index in [1.165, 1.54) is 0 Å². The van der Waals surface area contributed by atoms with Crippen LogP contribution in [-0.2, 0) is 6.61 Å². The van der Waals surface area contributed by atoms with Crippen LogP contribution in [0.3, 0.4) is 0 Å². The number of aromatic nitrogens is 2. The molecule has 8 heteroatoms. The fourth-order valence-electron chi connectivity index (χ4n) is 3.30. The van der Waals surface area contributed by atoms with E-state index in [4.69, 9.17) is 21.1 Å². The minimum Gasteiger partial charge on any atom is -0.493 e. The normalized spacial score (nSPS) is 11.7. The maximum Gasteiger partial charge on any atom is 0.319 e. The molecule has 164 valence electrons. The van der Waals surface area contributed by atoms with Gasteiger partial charge in [-0.15, -0.1) is 0 Å². The fourth-order valence-corrected chi connectivity index (χ4v) is 3.50. The quantitative estimate of drug-likeness (QED) is 0.392. The number of carbonyl (C=O) groups is 1. The van der Waals surface area contributed by atoms with Crippen molar-refractivity contribution in [3.63, 3.8) is 0 Å². The number of anilines is 1. The van der Waals surface area contributed by atoms with Crippen molar-refractivity contribution in [2.45, 2.75) is 19.6 Å². The number of urea groups is 1. The topological polar surface area (TPSA) is 76.9 Å². The van der Waals surface area contributed by atoms with E-state index in [0.29, 0.717) is 22.2 Å². The van der Waals surface area contributed by atoms with E-state index in [2.05, 4.69) is 15.6 Å². The van der Waals surface area contributed by atoms with Crippen molar-refractivity contribution in [2.75, 3.05) is 12.4 Å². The second-order valence-corrected chi connectivity index (χ2v) is 7.66. The number of rotatable bonds is 7. The standard InChI is InChI=1S/C24H23ClN4O3/c1-16(17-6-5-7-18(25)12-17)26-24(30)28-19-9-10-21(31-2)22(13-19)32-15-20-14-29-11-4-3-8-23(29)27-20/h3-14,16H,15H2,1-2H3,(H2,26,28,30). The second-order valence-electron chi connectivity index (χ2n) is 7.23. The highest BCUT2D eigenvalue weighted by Gasteiger charge is 2.13. The Kier molecular flexibility index (Phi) is 6.47. The summed E-state index contributed by atoms with van der Waals surface area (Å²) >= 11 is 6.04. The summed E-state index contributed by atoms with van der Waals surface area (Å²) < 4.78 is 13.3. The molecule has 2 aromatic carbocycles. The average Bonchev–Trinajstić information content (AvgIpc) is 3.21. The molecular weight excluding hydrogens is 428 g/mol. The summed E-state index contributed by atoms with van der Waals surface area (Å²) in [7, 11) is 1.57. The molecule has 1 atom stereocenters. The molecule has 0 radical (unpaired) electrons. The van der Waals surface area contributed by atoms with E-state index in [-0.39, 0.29) is 18.7 Å². The van der Waals surface area contributed by atoms with Crippen molar-refractivity contribution in [1.82, 2.24) is 14.7 Å². The number of halogens is 1. The number of pyridine rings is 1. The Labute approximate surface area is 190 Å². The molecule has 4 aromatic rings. The summed E-state index contributed by atoms with van der Waals surface area (Å²) in [4.78, 5) is 17.0. The maximum atomic E-state index is 12.5.